The molecule has 0 atom stereocenters. The molecule has 19 heavy (non-hydrogen) atoms. The second-order valence-electron chi connectivity index (χ2n) is 4.07. The second-order valence-corrected chi connectivity index (χ2v) is 5.40. The van der Waals surface area contributed by atoms with Crippen LogP contribution in [-0.4, -0.2) is 9.97 Å². The number of fused-ring (bicyclic) bond motifs is 1. The van der Waals surface area contributed by atoms with Crippen LogP contribution < -0.4 is 5.73 Å². The molecule has 0 bridgehead atoms. The number of nitrogens with zero attached hydrogens (tertiary/aromatic N) is 2. The van der Waals surface area contributed by atoms with E-state index in [1.807, 2.05) is 42.5 Å². The Morgan fingerprint density at radius 2 is 1.84 bits per heavy atom. The molecule has 0 spiro atoms. The lowest BCUT2D eigenvalue weighted by Crippen LogP contribution is -1.98. The average Bonchev–Trinajstić information content (AvgIpc) is 2.38. The van der Waals surface area contributed by atoms with Gasteiger partial charge < -0.3 is 5.73 Å². The van der Waals surface area contributed by atoms with E-state index in [9.17, 15) is 0 Å². The Balaban J connectivity index is 2.25. The third kappa shape index (κ3) is 2.29. The molecule has 0 radical (unpaired) electrons. The molecule has 0 unspecified atom stereocenters. The summed E-state index contributed by atoms with van der Waals surface area (Å²) in [7, 11) is 0. The molecule has 0 amide bonds. The summed E-state index contributed by atoms with van der Waals surface area (Å²) in [6, 6.07) is 13.2. The number of nitrogens with two attached hydrogens (primary N) is 1. The summed E-state index contributed by atoms with van der Waals surface area (Å²) in [6.45, 7) is 0. The Kier molecular flexibility index (Phi) is 3.12. The number of aromatic nitrogens is 2. The van der Waals surface area contributed by atoms with Crippen molar-refractivity contribution in [2.24, 2.45) is 0 Å². The van der Waals surface area contributed by atoms with E-state index in [4.69, 9.17) is 17.3 Å². The minimum atomic E-state index is 0.458. The molecule has 2 aromatic carbocycles. The standard InChI is InChI=1S/C14H9BrClN3/c15-8-5-6-9(11(16)7-8)14-18-12-4-2-1-3-10(12)13(17)19-14/h1-7H,(H2,17,18,19). The van der Waals surface area contributed by atoms with E-state index in [1.165, 1.54) is 0 Å². The summed E-state index contributed by atoms with van der Waals surface area (Å²) in [5.41, 5.74) is 7.55. The fraction of sp³-hybridized carbons (Fsp3) is 0. The molecule has 0 aliphatic rings. The molecule has 94 valence electrons. The zero-order valence-corrected chi connectivity index (χ0v) is 12.1. The third-order valence-electron chi connectivity index (χ3n) is 2.80. The normalized spacial score (nSPS) is 10.8. The van der Waals surface area contributed by atoms with Gasteiger partial charge in [0.15, 0.2) is 5.82 Å². The first kappa shape index (κ1) is 12.4. The maximum absolute atomic E-state index is 6.22. The molecule has 0 aliphatic heterocycles. The lowest BCUT2D eigenvalue weighted by atomic mass is 10.2. The predicted molar refractivity (Wildman–Crippen MR) is 82.1 cm³/mol. The SMILES string of the molecule is Nc1nc(-c2ccc(Br)cc2Cl)nc2ccccc12. The number of rotatable bonds is 1. The van der Waals surface area contributed by atoms with Crippen LogP contribution in [-0.2, 0) is 0 Å². The van der Waals surface area contributed by atoms with Crippen LogP contribution in [0.2, 0.25) is 5.02 Å². The molecule has 0 saturated carbocycles. The summed E-state index contributed by atoms with van der Waals surface area (Å²) in [4.78, 5) is 8.83. The van der Waals surface area contributed by atoms with Crippen LogP contribution in [0.15, 0.2) is 46.9 Å². The summed E-state index contributed by atoms with van der Waals surface area (Å²) in [6.07, 6.45) is 0. The van der Waals surface area contributed by atoms with Crippen LogP contribution in [0, 0.1) is 0 Å². The van der Waals surface area contributed by atoms with Crippen LogP contribution in [0.5, 0.6) is 0 Å². The highest BCUT2D eigenvalue weighted by Gasteiger charge is 2.10. The Morgan fingerprint density at radius 3 is 2.63 bits per heavy atom. The van der Waals surface area contributed by atoms with Crippen molar-refractivity contribution >= 4 is 44.3 Å². The first-order valence-electron chi connectivity index (χ1n) is 5.63. The van der Waals surface area contributed by atoms with E-state index in [2.05, 4.69) is 25.9 Å². The van der Waals surface area contributed by atoms with Crippen LogP contribution >= 0.6 is 27.5 Å². The molecule has 3 aromatic rings. The van der Waals surface area contributed by atoms with Gasteiger partial charge >= 0.3 is 0 Å². The van der Waals surface area contributed by atoms with Gasteiger partial charge in [0.25, 0.3) is 0 Å². The van der Waals surface area contributed by atoms with Gasteiger partial charge in [-0.3, -0.25) is 0 Å². The van der Waals surface area contributed by atoms with E-state index in [1.54, 1.807) is 0 Å². The quantitative estimate of drug-likeness (QED) is 0.722. The maximum Gasteiger partial charge on any atom is 0.163 e. The van der Waals surface area contributed by atoms with Gasteiger partial charge in [0, 0.05) is 15.4 Å². The van der Waals surface area contributed by atoms with Crippen molar-refractivity contribution in [3.63, 3.8) is 0 Å². The van der Waals surface area contributed by atoms with Crippen molar-refractivity contribution in [3.8, 4) is 11.4 Å². The highest BCUT2D eigenvalue weighted by molar-refractivity contribution is 9.10. The molecular formula is C14H9BrClN3. The fourth-order valence-electron chi connectivity index (χ4n) is 1.89. The smallest absolute Gasteiger partial charge is 0.163 e. The number of benzene rings is 2. The number of hydrogen-bond donors (Lipinski definition) is 1. The van der Waals surface area contributed by atoms with Gasteiger partial charge in [0.05, 0.1) is 10.5 Å². The van der Waals surface area contributed by atoms with Crippen LogP contribution in [0.4, 0.5) is 5.82 Å². The molecule has 1 aromatic heterocycles. The Morgan fingerprint density at radius 1 is 1.05 bits per heavy atom. The highest BCUT2D eigenvalue weighted by Crippen LogP contribution is 2.30. The molecule has 0 aliphatic carbocycles. The first-order valence-corrected chi connectivity index (χ1v) is 6.80. The Labute approximate surface area is 123 Å². The number of hydrogen-bond acceptors (Lipinski definition) is 3. The molecule has 2 N–H and O–H groups in total. The van der Waals surface area contributed by atoms with E-state index < -0.39 is 0 Å². The van der Waals surface area contributed by atoms with Crippen molar-refractivity contribution in [1.29, 1.82) is 0 Å². The van der Waals surface area contributed by atoms with Gasteiger partial charge in [0.2, 0.25) is 0 Å². The minimum Gasteiger partial charge on any atom is -0.383 e. The summed E-state index contributed by atoms with van der Waals surface area (Å²) in [5.74, 6) is 0.994. The zero-order chi connectivity index (χ0) is 13.4. The maximum atomic E-state index is 6.22. The molecule has 0 fully saturated rings. The molecule has 3 nitrogen and oxygen atoms in total. The predicted octanol–water partition coefficient (Wildman–Crippen LogP) is 4.29. The number of halogens is 2. The van der Waals surface area contributed by atoms with E-state index >= 15 is 0 Å². The van der Waals surface area contributed by atoms with Gasteiger partial charge in [0.1, 0.15) is 5.82 Å². The van der Waals surface area contributed by atoms with Crippen molar-refractivity contribution < 1.29 is 0 Å². The van der Waals surface area contributed by atoms with Crippen molar-refractivity contribution in [2.45, 2.75) is 0 Å². The van der Waals surface area contributed by atoms with Gasteiger partial charge in [-0.05, 0) is 30.3 Å². The number of para-hydroxylation sites is 1. The minimum absolute atomic E-state index is 0.458. The van der Waals surface area contributed by atoms with Crippen LogP contribution in [0.1, 0.15) is 0 Å². The molecule has 1 heterocycles. The summed E-state index contributed by atoms with van der Waals surface area (Å²) in [5, 5.41) is 1.43. The Hall–Kier alpha value is -1.65. The third-order valence-corrected chi connectivity index (χ3v) is 3.61. The topological polar surface area (TPSA) is 51.8 Å². The highest BCUT2D eigenvalue weighted by atomic mass is 79.9. The van der Waals surface area contributed by atoms with Gasteiger partial charge in [-0.1, -0.05) is 39.7 Å². The lowest BCUT2D eigenvalue weighted by Gasteiger charge is -2.07. The van der Waals surface area contributed by atoms with E-state index in [0.29, 0.717) is 16.7 Å². The fourth-order valence-corrected chi connectivity index (χ4v) is 2.65. The summed E-state index contributed by atoms with van der Waals surface area (Å²) < 4.78 is 0.912. The number of nitrogen functional groups attached to an aromatic ring is 1. The first-order chi connectivity index (χ1) is 9.15. The van der Waals surface area contributed by atoms with Crippen molar-refractivity contribution in [1.82, 2.24) is 9.97 Å². The largest absolute Gasteiger partial charge is 0.383 e. The molecule has 3 rings (SSSR count). The van der Waals surface area contributed by atoms with Gasteiger partial charge in [-0.25, -0.2) is 9.97 Å². The monoisotopic (exact) mass is 333 g/mol. The Bertz CT molecular complexity index is 774. The molecular weight excluding hydrogens is 326 g/mol. The van der Waals surface area contributed by atoms with E-state index in [0.717, 1.165) is 20.9 Å². The van der Waals surface area contributed by atoms with E-state index in [-0.39, 0.29) is 0 Å². The second kappa shape index (κ2) is 4.79. The number of anilines is 1. The van der Waals surface area contributed by atoms with Crippen molar-refractivity contribution in [2.75, 3.05) is 5.73 Å². The van der Waals surface area contributed by atoms with Crippen LogP contribution in [0.3, 0.4) is 0 Å². The van der Waals surface area contributed by atoms with Crippen LogP contribution in [0.25, 0.3) is 22.3 Å². The zero-order valence-electron chi connectivity index (χ0n) is 9.77. The van der Waals surface area contributed by atoms with Gasteiger partial charge in [-0.15, -0.1) is 0 Å². The van der Waals surface area contributed by atoms with Gasteiger partial charge in [-0.2, -0.15) is 0 Å². The molecule has 5 heteroatoms. The summed E-state index contributed by atoms with van der Waals surface area (Å²) >= 11 is 9.59. The van der Waals surface area contributed by atoms with Crippen molar-refractivity contribution in [3.05, 3.63) is 52.0 Å². The lowest BCUT2D eigenvalue weighted by molar-refractivity contribution is 1.23. The average molecular weight is 335 g/mol. The molecule has 0 saturated heterocycles.